The van der Waals surface area contributed by atoms with Gasteiger partial charge in [0.1, 0.15) is 0 Å². The second-order valence-electron chi connectivity index (χ2n) is 6.50. The van der Waals surface area contributed by atoms with Crippen molar-refractivity contribution in [3.63, 3.8) is 0 Å². The number of hydrogen-bond donors (Lipinski definition) is 2. The number of nitrogens with two attached hydrogens (primary N) is 1. The van der Waals surface area contributed by atoms with Crippen LogP contribution in [0.25, 0.3) is 0 Å². The summed E-state index contributed by atoms with van der Waals surface area (Å²) in [5.74, 6) is 9.65. The molecule has 1 amide bonds. The molecule has 3 aliphatic carbocycles. The maximum Gasteiger partial charge on any atom is 0.224 e. The largest absolute Gasteiger partial charge is 0.351 e. The highest BCUT2D eigenvalue weighted by atomic mass is 32.1. The Morgan fingerprint density at radius 1 is 1.33 bits per heavy atom. The van der Waals surface area contributed by atoms with Gasteiger partial charge >= 0.3 is 0 Å². The van der Waals surface area contributed by atoms with Crippen LogP contribution < -0.4 is 11.1 Å². The predicted molar refractivity (Wildman–Crippen MR) is 83.4 cm³/mol. The molecule has 0 radical (unpaired) electrons. The molecule has 1 aromatic rings. The average molecular weight is 300 g/mol. The minimum Gasteiger partial charge on any atom is -0.351 e. The van der Waals surface area contributed by atoms with Crippen molar-refractivity contribution in [2.75, 3.05) is 6.54 Å². The lowest BCUT2D eigenvalue weighted by Gasteiger charge is -2.08. The lowest BCUT2D eigenvalue weighted by atomic mass is 10.0. The molecule has 3 N–H and O–H groups in total. The second kappa shape index (κ2) is 5.15. The molecule has 0 saturated heterocycles. The number of rotatable bonds is 3. The molecular weight excluding hydrogens is 280 g/mol. The summed E-state index contributed by atoms with van der Waals surface area (Å²) in [6, 6.07) is 4.05. The fraction of sp³-hybridized carbons (Fsp3) is 0.588. The van der Waals surface area contributed by atoms with E-state index in [4.69, 9.17) is 5.73 Å². The third kappa shape index (κ3) is 2.29. The number of nitrogens with one attached hydrogen (secondary N) is 1. The van der Waals surface area contributed by atoms with Crippen LogP contribution >= 0.6 is 11.3 Å². The van der Waals surface area contributed by atoms with E-state index in [2.05, 4.69) is 17.2 Å². The fourth-order valence-corrected chi connectivity index (χ4v) is 5.47. The van der Waals surface area contributed by atoms with Gasteiger partial charge in [-0.2, -0.15) is 0 Å². The van der Waals surface area contributed by atoms with Gasteiger partial charge in [0.15, 0.2) is 0 Å². The molecule has 0 spiro atoms. The van der Waals surface area contributed by atoms with E-state index >= 15 is 0 Å². The van der Waals surface area contributed by atoms with Crippen molar-refractivity contribution < 1.29 is 4.79 Å². The first-order valence-corrected chi connectivity index (χ1v) is 8.65. The Kier molecular flexibility index (Phi) is 3.28. The van der Waals surface area contributed by atoms with E-state index in [1.807, 2.05) is 12.1 Å². The van der Waals surface area contributed by atoms with Crippen molar-refractivity contribution in [1.29, 1.82) is 0 Å². The molecule has 2 bridgehead atoms. The Morgan fingerprint density at radius 2 is 2.10 bits per heavy atom. The van der Waals surface area contributed by atoms with Crippen LogP contribution in [0.2, 0.25) is 0 Å². The summed E-state index contributed by atoms with van der Waals surface area (Å²) >= 11 is 1.64. The quantitative estimate of drug-likeness (QED) is 0.839. The summed E-state index contributed by atoms with van der Waals surface area (Å²) in [5.41, 5.74) is 5.37. The average Bonchev–Trinajstić information content (AvgIpc) is 2.86. The Balaban J connectivity index is 1.31. The Hall–Kier alpha value is -1.31. The normalized spacial score (nSPS) is 35.0. The molecule has 3 aliphatic rings. The highest BCUT2D eigenvalue weighted by molar-refractivity contribution is 7.12. The van der Waals surface area contributed by atoms with Crippen LogP contribution in [0.1, 0.15) is 29.0 Å². The monoisotopic (exact) mass is 300 g/mol. The number of carbonyl (C=O) groups is 1. The smallest absolute Gasteiger partial charge is 0.224 e. The molecule has 1 heterocycles. The highest BCUT2D eigenvalue weighted by Gasteiger charge is 2.67. The van der Waals surface area contributed by atoms with Gasteiger partial charge in [0.2, 0.25) is 5.91 Å². The van der Waals surface area contributed by atoms with Crippen LogP contribution in [0, 0.1) is 41.4 Å². The summed E-state index contributed by atoms with van der Waals surface area (Å²) in [5, 5.41) is 3.13. The topological polar surface area (TPSA) is 55.1 Å². The maximum atomic E-state index is 12.3. The first-order valence-electron chi connectivity index (χ1n) is 7.83. The predicted octanol–water partition coefficient (Wildman–Crippen LogP) is 1.97. The van der Waals surface area contributed by atoms with Gasteiger partial charge in [0.25, 0.3) is 0 Å². The van der Waals surface area contributed by atoms with E-state index in [1.54, 1.807) is 11.3 Å². The number of thiophene rings is 1. The summed E-state index contributed by atoms with van der Waals surface area (Å²) in [7, 11) is 0. The number of hydrogen-bond acceptors (Lipinski definition) is 3. The van der Waals surface area contributed by atoms with Crippen LogP contribution in [-0.2, 0) is 11.3 Å². The van der Waals surface area contributed by atoms with E-state index in [-0.39, 0.29) is 5.91 Å². The SMILES string of the molecule is NCC#Cc1ccc(CNC(=O)C2C3C4CCC(C4)C23)s1. The summed E-state index contributed by atoms with van der Waals surface area (Å²) in [6.07, 6.45) is 4.13. The van der Waals surface area contributed by atoms with Gasteiger partial charge in [-0.05, 0) is 55.1 Å². The van der Waals surface area contributed by atoms with Gasteiger partial charge in [-0.1, -0.05) is 11.8 Å². The molecule has 3 saturated carbocycles. The molecular formula is C17H20N2OS. The molecule has 4 rings (SSSR count). The van der Waals surface area contributed by atoms with Crippen molar-refractivity contribution in [2.45, 2.75) is 25.8 Å². The number of amides is 1. The van der Waals surface area contributed by atoms with E-state index in [0.717, 1.165) is 28.5 Å². The second-order valence-corrected chi connectivity index (χ2v) is 7.67. The Labute approximate surface area is 129 Å². The Bertz CT molecular complexity index is 610. The lowest BCUT2D eigenvalue weighted by molar-refractivity contribution is -0.123. The van der Waals surface area contributed by atoms with Gasteiger partial charge < -0.3 is 11.1 Å². The van der Waals surface area contributed by atoms with Gasteiger partial charge in [-0.3, -0.25) is 4.79 Å². The minimum atomic E-state index is 0.282. The van der Waals surface area contributed by atoms with Crippen molar-refractivity contribution in [3.8, 4) is 11.8 Å². The fourth-order valence-electron chi connectivity index (χ4n) is 4.65. The molecule has 0 aromatic carbocycles. The maximum absolute atomic E-state index is 12.3. The van der Waals surface area contributed by atoms with Crippen molar-refractivity contribution >= 4 is 17.2 Å². The summed E-state index contributed by atoms with van der Waals surface area (Å²) in [4.78, 5) is 14.5. The van der Waals surface area contributed by atoms with Gasteiger partial charge in [-0.25, -0.2) is 0 Å². The van der Waals surface area contributed by atoms with Crippen LogP contribution in [0.3, 0.4) is 0 Å². The first kappa shape index (κ1) is 13.4. The zero-order chi connectivity index (χ0) is 14.4. The van der Waals surface area contributed by atoms with E-state index in [9.17, 15) is 4.79 Å². The van der Waals surface area contributed by atoms with E-state index in [0.29, 0.717) is 19.0 Å². The number of fused-ring (bicyclic) bond motifs is 5. The lowest BCUT2D eigenvalue weighted by Crippen LogP contribution is -2.26. The molecule has 21 heavy (non-hydrogen) atoms. The molecule has 1 aromatic heterocycles. The third-order valence-corrected chi connectivity index (χ3v) is 6.45. The van der Waals surface area contributed by atoms with Crippen molar-refractivity contribution in [3.05, 3.63) is 21.9 Å². The minimum absolute atomic E-state index is 0.282. The highest BCUT2D eigenvalue weighted by Crippen LogP contribution is 2.69. The van der Waals surface area contributed by atoms with Crippen molar-refractivity contribution in [2.24, 2.45) is 35.3 Å². The summed E-state index contributed by atoms with van der Waals surface area (Å²) in [6.45, 7) is 1.02. The van der Waals surface area contributed by atoms with E-state index in [1.165, 1.54) is 24.1 Å². The first-order chi connectivity index (χ1) is 10.3. The van der Waals surface area contributed by atoms with Crippen LogP contribution in [-0.4, -0.2) is 12.5 Å². The molecule has 0 aliphatic heterocycles. The zero-order valence-electron chi connectivity index (χ0n) is 12.0. The van der Waals surface area contributed by atoms with Crippen LogP contribution in [0.4, 0.5) is 0 Å². The molecule has 4 heteroatoms. The molecule has 4 unspecified atom stereocenters. The zero-order valence-corrected chi connectivity index (χ0v) is 12.8. The van der Waals surface area contributed by atoms with Gasteiger partial charge in [-0.15, -0.1) is 11.3 Å². The summed E-state index contributed by atoms with van der Waals surface area (Å²) < 4.78 is 0. The van der Waals surface area contributed by atoms with Crippen molar-refractivity contribution in [1.82, 2.24) is 5.32 Å². The van der Waals surface area contributed by atoms with Crippen LogP contribution in [0.15, 0.2) is 12.1 Å². The molecule has 4 atom stereocenters. The number of carbonyl (C=O) groups excluding carboxylic acids is 1. The van der Waals surface area contributed by atoms with Gasteiger partial charge in [0.05, 0.1) is 18.0 Å². The standard InChI is InChI=1S/C17H20N2OS/c18-7-1-2-12-5-6-13(21-12)9-19-17(20)16-14-10-3-4-11(8-10)15(14)16/h5-6,10-11,14-16H,3-4,7-9,18H2,(H,19,20). The molecule has 3 fully saturated rings. The van der Waals surface area contributed by atoms with E-state index < -0.39 is 0 Å². The van der Waals surface area contributed by atoms with Gasteiger partial charge in [0, 0.05) is 10.8 Å². The van der Waals surface area contributed by atoms with Crippen LogP contribution in [0.5, 0.6) is 0 Å². The third-order valence-electron chi connectivity index (χ3n) is 5.45. The molecule has 3 nitrogen and oxygen atoms in total. The Morgan fingerprint density at radius 3 is 2.81 bits per heavy atom. The molecule has 110 valence electrons.